The molecule has 2 amide bonds. The Labute approximate surface area is 154 Å². The zero-order valence-electron chi connectivity index (χ0n) is 14.6. The van der Waals surface area contributed by atoms with Crippen LogP contribution in [0.1, 0.15) is 49.9 Å². The van der Waals surface area contributed by atoms with E-state index in [1.54, 1.807) is 24.3 Å². The number of benzene rings is 1. The normalized spacial score (nSPS) is 12.9. The van der Waals surface area contributed by atoms with Gasteiger partial charge in [0, 0.05) is 13.0 Å². The van der Waals surface area contributed by atoms with Gasteiger partial charge in [0.15, 0.2) is 0 Å². The minimum absolute atomic E-state index is 0.0224. The number of amides is 2. The minimum Gasteiger partial charge on any atom is -0.463 e. The molecule has 27 heavy (non-hydrogen) atoms. The summed E-state index contributed by atoms with van der Waals surface area (Å²) >= 11 is 0. The number of carbonyl (C=O) groups is 4. The highest BCUT2D eigenvalue weighted by atomic mass is 16.5. The molecule has 0 aliphatic carbocycles. The third-order valence-electron chi connectivity index (χ3n) is 4.06. The number of hydrogen-bond donors (Lipinski definition) is 0. The van der Waals surface area contributed by atoms with Crippen LogP contribution < -0.4 is 0 Å². The zero-order chi connectivity index (χ0) is 19.4. The molecule has 0 unspecified atom stereocenters. The number of carbonyl (C=O) groups excluding carboxylic acids is 4. The fourth-order valence-corrected chi connectivity index (χ4v) is 2.71. The number of esters is 2. The Kier molecular flexibility index (Phi) is 5.35. The average molecular weight is 371 g/mol. The topological polar surface area (TPSA) is 103 Å². The van der Waals surface area contributed by atoms with E-state index in [1.807, 2.05) is 0 Å². The summed E-state index contributed by atoms with van der Waals surface area (Å²) in [6.45, 7) is 0.0114. The van der Waals surface area contributed by atoms with Crippen molar-refractivity contribution in [1.29, 1.82) is 0 Å². The molecule has 8 nitrogen and oxygen atoms in total. The molecule has 0 atom stereocenters. The SMILES string of the molecule is COC(=O)c1ccc(COC(=O)CCCN2C(=O)c3ccccc3C2=O)o1. The van der Waals surface area contributed by atoms with Gasteiger partial charge in [-0.25, -0.2) is 4.79 Å². The molecule has 1 aromatic carbocycles. The first-order valence-electron chi connectivity index (χ1n) is 8.29. The number of hydrogen-bond acceptors (Lipinski definition) is 7. The third kappa shape index (κ3) is 3.89. The van der Waals surface area contributed by atoms with Crippen molar-refractivity contribution in [1.82, 2.24) is 4.90 Å². The van der Waals surface area contributed by atoms with Crippen LogP contribution in [0.25, 0.3) is 0 Å². The van der Waals surface area contributed by atoms with Crippen molar-refractivity contribution in [2.45, 2.75) is 19.4 Å². The van der Waals surface area contributed by atoms with Gasteiger partial charge < -0.3 is 13.9 Å². The molecule has 1 aliphatic rings. The van der Waals surface area contributed by atoms with Crippen LogP contribution in [0.15, 0.2) is 40.8 Å². The summed E-state index contributed by atoms with van der Waals surface area (Å²) in [4.78, 5) is 48.7. The summed E-state index contributed by atoms with van der Waals surface area (Å²) in [5.74, 6) is -1.49. The molecule has 2 aromatic rings. The van der Waals surface area contributed by atoms with Gasteiger partial charge in [-0.1, -0.05) is 12.1 Å². The van der Waals surface area contributed by atoms with E-state index >= 15 is 0 Å². The molecule has 140 valence electrons. The lowest BCUT2D eigenvalue weighted by atomic mass is 10.1. The summed E-state index contributed by atoms with van der Waals surface area (Å²) in [7, 11) is 1.24. The Hall–Kier alpha value is -3.42. The maximum atomic E-state index is 12.2. The standard InChI is InChI=1S/C19H17NO7/c1-25-19(24)15-9-8-12(27-15)11-26-16(21)7-4-10-20-17(22)13-5-2-3-6-14(13)18(20)23/h2-3,5-6,8-9H,4,7,10-11H2,1H3. The zero-order valence-corrected chi connectivity index (χ0v) is 14.6. The predicted molar refractivity (Wildman–Crippen MR) is 90.9 cm³/mol. The van der Waals surface area contributed by atoms with E-state index in [4.69, 9.17) is 9.15 Å². The van der Waals surface area contributed by atoms with Crippen molar-refractivity contribution in [3.05, 3.63) is 59.0 Å². The maximum absolute atomic E-state index is 12.2. The third-order valence-corrected chi connectivity index (χ3v) is 4.06. The molecular formula is C19H17NO7. The Bertz CT molecular complexity index is 864. The number of ether oxygens (including phenoxy) is 2. The van der Waals surface area contributed by atoms with E-state index < -0.39 is 11.9 Å². The van der Waals surface area contributed by atoms with Crippen molar-refractivity contribution >= 4 is 23.8 Å². The van der Waals surface area contributed by atoms with Gasteiger partial charge in [0.2, 0.25) is 5.76 Å². The molecule has 0 bridgehead atoms. The predicted octanol–water partition coefficient (Wildman–Crippen LogP) is 2.19. The number of nitrogens with zero attached hydrogens (tertiary/aromatic N) is 1. The number of rotatable bonds is 7. The summed E-state index contributed by atoms with van der Waals surface area (Å²) < 4.78 is 14.8. The molecule has 0 saturated heterocycles. The van der Waals surface area contributed by atoms with E-state index in [1.165, 1.54) is 19.2 Å². The molecule has 8 heteroatoms. The maximum Gasteiger partial charge on any atom is 0.373 e. The molecule has 0 radical (unpaired) electrons. The van der Waals surface area contributed by atoms with Gasteiger partial charge in [0.25, 0.3) is 11.8 Å². The van der Waals surface area contributed by atoms with Crippen molar-refractivity contribution in [2.75, 3.05) is 13.7 Å². The summed E-state index contributed by atoms with van der Waals surface area (Å²) in [6, 6.07) is 9.55. The van der Waals surface area contributed by atoms with E-state index in [-0.39, 0.29) is 43.6 Å². The largest absolute Gasteiger partial charge is 0.463 e. The first kappa shape index (κ1) is 18.4. The summed E-state index contributed by atoms with van der Waals surface area (Å²) in [6.07, 6.45) is 0.327. The lowest BCUT2D eigenvalue weighted by Gasteiger charge is -2.13. The second-order valence-corrected chi connectivity index (χ2v) is 5.83. The Morgan fingerprint density at radius 3 is 2.33 bits per heavy atom. The molecule has 2 heterocycles. The molecule has 0 spiro atoms. The molecular weight excluding hydrogens is 354 g/mol. The number of furan rings is 1. The molecule has 1 aliphatic heterocycles. The number of imide groups is 1. The molecule has 1 aromatic heterocycles. The summed E-state index contributed by atoms with van der Waals surface area (Å²) in [5, 5.41) is 0. The van der Waals surface area contributed by atoms with Crippen LogP contribution in [-0.2, 0) is 20.9 Å². The van der Waals surface area contributed by atoms with E-state index in [0.29, 0.717) is 16.9 Å². The van der Waals surface area contributed by atoms with Gasteiger partial charge in [-0.05, 0) is 30.7 Å². The van der Waals surface area contributed by atoms with E-state index in [2.05, 4.69) is 4.74 Å². The van der Waals surface area contributed by atoms with Crippen LogP contribution in [-0.4, -0.2) is 42.3 Å². The van der Waals surface area contributed by atoms with Crippen LogP contribution in [0.4, 0.5) is 0 Å². The Morgan fingerprint density at radius 1 is 1.04 bits per heavy atom. The van der Waals surface area contributed by atoms with Gasteiger partial charge >= 0.3 is 11.9 Å². The second-order valence-electron chi connectivity index (χ2n) is 5.83. The quantitative estimate of drug-likeness (QED) is 0.543. The molecule has 0 fully saturated rings. The highest BCUT2D eigenvalue weighted by Crippen LogP contribution is 2.22. The van der Waals surface area contributed by atoms with Gasteiger partial charge in [0.05, 0.1) is 18.2 Å². The van der Waals surface area contributed by atoms with Gasteiger partial charge in [-0.15, -0.1) is 0 Å². The van der Waals surface area contributed by atoms with Gasteiger partial charge in [-0.3, -0.25) is 19.3 Å². The van der Waals surface area contributed by atoms with Crippen LogP contribution in [0.5, 0.6) is 0 Å². The first-order chi connectivity index (χ1) is 13.0. The molecule has 3 rings (SSSR count). The lowest BCUT2D eigenvalue weighted by Crippen LogP contribution is -2.31. The fraction of sp³-hybridized carbons (Fsp3) is 0.263. The van der Waals surface area contributed by atoms with Crippen molar-refractivity contribution < 1.29 is 33.1 Å². The van der Waals surface area contributed by atoms with Crippen molar-refractivity contribution in [3.63, 3.8) is 0 Å². The Balaban J connectivity index is 1.44. The van der Waals surface area contributed by atoms with Gasteiger partial charge in [-0.2, -0.15) is 0 Å². The van der Waals surface area contributed by atoms with Crippen LogP contribution in [0.2, 0.25) is 0 Å². The van der Waals surface area contributed by atoms with E-state index in [9.17, 15) is 19.2 Å². The van der Waals surface area contributed by atoms with Gasteiger partial charge in [0.1, 0.15) is 12.4 Å². The monoisotopic (exact) mass is 371 g/mol. The highest BCUT2D eigenvalue weighted by Gasteiger charge is 2.34. The smallest absolute Gasteiger partial charge is 0.373 e. The van der Waals surface area contributed by atoms with Crippen LogP contribution in [0, 0.1) is 0 Å². The lowest BCUT2D eigenvalue weighted by molar-refractivity contribution is -0.145. The first-order valence-corrected chi connectivity index (χ1v) is 8.29. The van der Waals surface area contributed by atoms with E-state index in [0.717, 1.165) is 4.90 Å². The Morgan fingerprint density at radius 2 is 1.70 bits per heavy atom. The highest BCUT2D eigenvalue weighted by molar-refractivity contribution is 6.21. The summed E-state index contributed by atoms with van der Waals surface area (Å²) in [5.41, 5.74) is 0.758. The molecule has 0 N–H and O–H groups in total. The van der Waals surface area contributed by atoms with Crippen LogP contribution >= 0.6 is 0 Å². The van der Waals surface area contributed by atoms with Crippen molar-refractivity contribution in [2.24, 2.45) is 0 Å². The second kappa shape index (κ2) is 7.86. The number of methoxy groups -OCH3 is 1. The average Bonchev–Trinajstić information content (AvgIpc) is 3.25. The molecule has 0 saturated carbocycles. The van der Waals surface area contributed by atoms with Crippen LogP contribution in [0.3, 0.4) is 0 Å². The minimum atomic E-state index is -0.617. The number of fused-ring (bicyclic) bond motifs is 1. The van der Waals surface area contributed by atoms with Crippen molar-refractivity contribution in [3.8, 4) is 0 Å². The fourth-order valence-electron chi connectivity index (χ4n) is 2.71.